The summed E-state index contributed by atoms with van der Waals surface area (Å²) in [5.41, 5.74) is 4.58. The number of amides is 1. The van der Waals surface area contributed by atoms with Crippen molar-refractivity contribution in [2.24, 2.45) is 5.92 Å². The van der Waals surface area contributed by atoms with E-state index in [4.69, 9.17) is 5.11 Å². The van der Waals surface area contributed by atoms with Crippen LogP contribution in [0.4, 0.5) is 4.79 Å². The maximum Gasteiger partial charge on any atom is 0.419 e. The van der Waals surface area contributed by atoms with Crippen LogP contribution >= 0.6 is 0 Å². The van der Waals surface area contributed by atoms with Gasteiger partial charge in [-0.3, -0.25) is 5.43 Å². The van der Waals surface area contributed by atoms with Gasteiger partial charge in [0.05, 0.1) is 0 Å². The summed E-state index contributed by atoms with van der Waals surface area (Å²) >= 11 is 0. The molecule has 0 unspecified atom stereocenters. The summed E-state index contributed by atoms with van der Waals surface area (Å²) in [5, 5.41) is 8.05. The third-order valence-corrected chi connectivity index (χ3v) is 0.706. The van der Waals surface area contributed by atoms with Gasteiger partial charge in [0.1, 0.15) is 0 Å². The average Bonchev–Trinajstić information content (AvgIpc) is 1.63. The van der Waals surface area contributed by atoms with Crippen molar-refractivity contribution < 1.29 is 9.90 Å². The molecule has 0 rings (SSSR count). The SMILES string of the molecule is CC(C)CNNC(=O)O. The molecule has 0 radical (unpaired) electrons. The molecule has 0 heterocycles. The molecule has 0 fully saturated rings. The third kappa shape index (κ3) is 7.23. The van der Waals surface area contributed by atoms with E-state index in [0.29, 0.717) is 12.5 Å². The Balaban J connectivity index is 3.01. The molecule has 4 nitrogen and oxygen atoms in total. The lowest BCUT2D eigenvalue weighted by Crippen LogP contribution is -2.38. The maximum absolute atomic E-state index is 9.81. The summed E-state index contributed by atoms with van der Waals surface area (Å²) < 4.78 is 0. The Labute approximate surface area is 54.2 Å². The van der Waals surface area contributed by atoms with Crippen LogP contribution in [0.2, 0.25) is 0 Å². The molecule has 0 aromatic rings. The van der Waals surface area contributed by atoms with Crippen LogP contribution in [0.25, 0.3) is 0 Å². The zero-order chi connectivity index (χ0) is 7.28. The Bertz CT molecular complexity index is 93.0. The first-order chi connectivity index (χ1) is 4.13. The van der Waals surface area contributed by atoms with Gasteiger partial charge in [0, 0.05) is 6.54 Å². The Kier molecular flexibility index (Phi) is 3.79. The Morgan fingerprint density at radius 1 is 1.67 bits per heavy atom. The monoisotopic (exact) mass is 132 g/mol. The molecule has 1 amide bonds. The summed E-state index contributed by atoms with van der Waals surface area (Å²) in [7, 11) is 0. The fourth-order valence-corrected chi connectivity index (χ4v) is 0.331. The van der Waals surface area contributed by atoms with E-state index in [9.17, 15) is 4.79 Å². The first-order valence-corrected chi connectivity index (χ1v) is 2.84. The van der Waals surface area contributed by atoms with Gasteiger partial charge in [-0.15, -0.1) is 0 Å². The smallest absolute Gasteiger partial charge is 0.419 e. The lowest BCUT2D eigenvalue weighted by Gasteiger charge is -2.04. The van der Waals surface area contributed by atoms with Gasteiger partial charge >= 0.3 is 6.09 Å². The van der Waals surface area contributed by atoms with Crippen LogP contribution in [0.5, 0.6) is 0 Å². The van der Waals surface area contributed by atoms with Gasteiger partial charge in [-0.2, -0.15) is 0 Å². The molecular formula is C5H12N2O2. The topological polar surface area (TPSA) is 61.4 Å². The number of carboxylic acid groups (broad SMARTS) is 1. The molecule has 4 heteroatoms. The Hall–Kier alpha value is -0.770. The van der Waals surface area contributed by atoms with Gasteiger partial charge in [-0.1, -0.05) is 13.8 Å². The van der Waals surface area contributed by atoms with Crippen LogP contribution in [-0.4, -0.2) is 17.7 Å². The molecule has 0 saturated heterocycles. The molecule has 0 spiro atoms. The van der Waals surface area contributed by atoms with Crippen LogP contribution in [0.1, 0.15) is 13.8 Å². The molecule has 0 aromatic carbocycles. The predicted molar refractivity (Wildman–Crippen MR) is 34.0 cm³/mol. The quantitative estimate of drug-likeness (QED) is 0.487. The highest BCUT2D eigenvalue weighted by molar-refractivity contribution is 5.63. The van der Waals surface area contributed by atoms with E-state index < -0.39 is 6.09 Å². The van der Waals surface area contributed by atoms with E-state index in [2.05, 4.69) is 5.43 Å². The van der Waals surface area contributed by atoms with E-state index in [1.165, 1.54) is 0 Å². The molecule has 0 aliphatic carbocycles. The zero-order valence-corrected chi connectivity index (χ0v) is 5.64. The summed E-state index contributed by atoms with van der Waals surface area (Å²) in [6.07, 6.45) is -1.05. The van der Waals surface area contributed by atoms with E-state index in [1.807, 2.05) is 19.3 Å². The molecule has 0 bridgehead atoms. The normalized spacial score (nSPS) is 9.67. The first-order valence-electron chi connectivity index (χ1n) is 2.84. The summed E-state index contributed by atoms with van der Waals surface area (Å²) in [4.78, 5) is 9.81. The van der Waals surface area contributed by atoms with Gasteiger partial charge in [0.2, 0.25) is 0 Å². The summed E-state index contributed by atoms with van der Waals surface area (Å²) in [6.45, 7) is 4.65. The molecule has 0 saturated carbocycles. The second kappa shape index (κ2) is 4.14. The fourth-order valence-electron chi connectivity index (χ4n) is 0.331. The van der Waals surface area contributed by atoms with Crippen LogP contribution in [0.3, 0.4) is 0 Å². The minimum Gasteiger partial charge on any atom is -0.464 e. The largest absolute Gasteiger partial charge is 0.464 e. The highest BCUT2D eigenvalue weighted by Gasteiger charge is 1.93. The van der Waals surface area contributed by atoms with Crippen LogP contribution in [-0.2, 0) is 0 Å². The summed E-state index contributed by atoms with van der Waals surface area (Å²) in [5.74, 6) is 0.455. The lowest BCUT2D eigenvalue weighted by molar-refractivity contribution is 0.188. The standard InChI is InChI=1S/C5H12N2O2/c1-4(2)3-6-7-5(8)9/h4,6-7H,3H2,1-2H3,(H,8,9). The van der Waals surface area contributed by atoms with Crippen molar-refractivity contribution in [3.8, 4) is 0 Å². The molecule has 3 N–H and O–H groups in total. The number of rotatable bonds is 3. The number of nitrogens with one attached hydrogen (secondary N) is 2. The van der Waals surface area contributed by atoms with Crippen molar-refractivity contribution in [1.82, 2.24) is 10.9 Å². The van der Waals surface area contributed by atoms with E-state index >= 15 is 0 Å². The Morgan fingerprint density at radius 2 is 2.22 bits per heavy atom. The van der Waals surface area contributed by atoms with Crippen LogP contribution in [0.15, 0.2) is 0 Å². The van der Waals surface area contributed by atoms with Crippen molar-refractivity contribution in [3.05, 3.63) is 0 Å². The van der Waals surface area contributed by atoms with Crippen molar-refractivity contribution in [2.75, 3.05) is 6.54 Å². The molecule has 0 aromatic heterocycles. The third-order valence-electron chi connectivity index (χ3n) is 0.706. The molecular weight excluding hydrogens is 120 g/mol. The molecule has 0 aliphatic heterocycles. The molecule has 54 valence electrons. The van der Waals surface area contributed by atoms with E-state index in [0.717, 1.165) is 0 Å². The lowest BCUT2D eigenvalue weighted by atomic mass is 10.2. The first kappa shape index (κ1) is 8.23. The van der Waals surface area contributed by atoms with Crippen molar-refractivity contribution in [3.63, 3.8) is 0 Å². The fraction of sp³-hybridized carbons (Fsp3) is 0.800. The number of hydrazine groups is 1. The van der Waals surface area contributed by atoms with Crippen molar-refractivity contribution in [2.45, 2.75) is 13.8 Å². The highest BCUT2D eigenvalue weighted by atomic mass is 16.4. The van der Waals surface area contributed by atoms with Gasteiger partial charge in [0.15, 0.2) is 0 Å². The number of hydrogen-bond acceptors (Lipinski definition) is 2. The van der Waals surface area contributed by atoms with E-state index in [1.54, 1.807) is 0 Å². The second-order valence-corrected chi connectivity index (χ2v) is 2.20. The van der Waals surface area contributed by atoms with Gasteiger partial charge in [-0.25, -0.2) is 10.2 Å². The number of carbonyl (C=O) groups is 1. The zero-order valence-electron chi connectivity index (χ0n) is 5.64. The average molecular weight is 132 g/mol. The Morgan fingerprint density at radius 3 is 2.56 bits per heavy atom. The highest BCUT2D eigenvalue weighted by Crippen LogP contribution is 1.84. The van der Waals surface area contributed by atoms with Crippen molar-refractivity contribution >= 4 is 6.09 Å². The predicted octanol–water partition coefficient (Wildman–Crippen LogP) is 0.415. The summed E-state index contributed by atoms with van der Waals surface area (Å²) in [6, 6.07) is 0. The van der Waals surface area contributed by atoms with Gasteiger partial charge in [0.25, 0.3) is 0 Å². The van der Waals surface area contributed by atoms with Crippen LogP contribution in [0, 0.1) is 5.92 Å². The minimum absolute atomic E-state index is 0.455. The maximum atomic E-state index is 9.81. The van der Waals surface area contributed by atoms with E-state index in [-0.39, 0.29) is 0 Å². The number of hydrogen-bond donors (Lipinski definition) is 3. The van der Waals surface area contributed by atoms with Gasteiger partial charge in [-0.05, 0) is 5.92 Å². The molecule has 9 heavy (non-hydrogen) atoms. The molecule has 0 atom stereocenters. The second-order valence-electron chi connectivity index (χ2n) is 2.20. The van der Waals surface area contributed by atoms with Crippen molar-refractivity contribution in [1.29, 1.82) is 0 Å². The van der Waals surface area contributed by atoms with Gasteiger partial charge < -0.3 is 5.11 Å². The van der Waals surface area contributed by atoms with Crippen LogP contribution < -0.4 is 10.9 Å². The molecule has 0 aliphatic rings. The minimum atomic E-state index is -1.05.